The average molecular weight is 350 g/mol. The standard InChI is InChI=1S/C20H15FN2OS/c1-2-23-17-11-10-13-6-3-4-9-16(13)18(17)25-20(23)22-19(24)14-7-5-8-15(21)12-14/h3-12H,2H2,1H3. The third-order valence-electron chi connectivity index (χ3n) is 4.16. The minimum Gasteiger partial charge on any atom is -0.317 e. The van der Waals surface area contributed by atoms with Crippen molar-refractivity contribution in [2.24, 2.45) is 4.99 Å². The van der Waals surface area contributed by atoms with Crippen LogP contribution in [0.1, 0.15) is 17.3 Å². The molecule has 0 unspecified atom stereocenters. The number of amides is 1. The van der Waals surface area contributed by atoms with E-state index in [0.717, 1.165) is 21.0 Å². The van der Waals surface area contributed by atoms with Crippen LogP contribution in [0.15, 0.2) is 65.7 Å². The van der Waals surface area contributed by atoms with Crippen LogP contribution in [0.4, 0.5) is 4.39 Å². The Bertz CT molecular complexity index is 1170. The van der Waals surface area contributed by atoms with Gasteiger partial charge in [-0.25, -0.2) is 4.39 Å². The van der Waals surface area contributed by atoms with Crippen molar-refractivity contribution in [1.29, 1.82) is 0 Å². The van der Waals surface area contributed by atoms with Gasteiger partial charge in [-0.1, -0.05) is 47.7 Å². The molecule has 3 nitrogen and oxygen atoms in total. The zero-order valence-electron chi connectivity index (χ0n) is 13.6. The molecule has 0 saturated carbocycles. The summed E-state index contributed by atoms with van der Waals surface area (Å²) in [5.41, 5.74) is 1.31. The maximum atomic E-state index is 13.4. The summed E-state index contributed by atoms with van der Waals surface area (Å²) < 4.78 is 16.5. The van der Waals surface area contributed by atoms with Gasteiger partial charge >= 0.3 is 0 Å². The number of fused-ring (bicyclic) bond motifs is 3. The number of benzene rings is 3. The van der Waals surface area contributed by atoms with Gasteiger partial charge in [0.2, 0.25) is 0 Å². The lowest BCUT2D eigenvalue weighted by Crippen LogP contribution is -2.15. The number of carbonyl (C=O) groups is 1. The Labute approximate surface area is 147 Å². The monoisotopic (exact) mass is 350 g/mol. The molecule has 0 aliphatic rings. The van der Waals surface area contributed by atoms with E-state index in [1.807, 2.05) is 23.6 Å². The molecule has 3 aromatic carbocycles. The third kappa shape index (κ3) is 2.76. The molecule has 0 saturated heterocycles. The molecule has 1 aromatic heterocycles. The second kappa shape index (κ2) is 6.26. The van der Waals surface area contributed by atoms with Crippen LogP contribution >= 0.6 is 11.3 Å². The van der Waals surface area contributed by atoms with Crippen molar-refractivity contribution in [3.8, 4) is 0 Å². The Balaban J connectivity index is 1.95. The summed E-state index contributed by atoms with van der Waals surface area (Å²) >= 11 is 1.49. The number of nitrogens with zero attached hydrogens (tertiary/aromatic N) is 2. The van der Waals surface area contributed by atoms with Crippen LogP contribution in [0, 0.1) is 5.82 Å². The fourth-order valence-electron chi connectivity index (χ4n) is 2.96. The van der Waals surface area contributed by atoms with Gasteiger partial charge in [0.05, 0.1) is 10.2 Å². The SMILES string of the molecule is CCn1c(=NC(=O)c2cccc(F)c2)sc2c3ccccc3ccc21. The first-order chi connectivity index (χ1) is 12.2. The van der Waals surface area contributed by atoms with Gasteiger partial charge in [-0.15, -0.1) is 0 Å². The summed E-state index contributed by atoms with van der Waals surface area (Å²) in [4.78, 5) is 17.3. The lowest BCUT2D eigenvalue weighted by Gasteiger charge is -2.02. The number of halogens is 1. The average Bonchev–Trinajstić information content (AvgIpc) is 2.99. The second-order valence-corrected chi connectivity index (χ2v) is 6.67. The third-order valence-corrected chi connectivity index (χ3v) is 5.29. The van der Waals surface area contributed by atoms with E-state index in [1.54, 1.807) is 6.07 Å². The highest BCUT2D eigenvalue weighted by atomic mass is 32.1. The van der Waals surface area contributed by atoms with E-state index >= 15 is 0 Å². The number of hydrogen-bond acceptors (Lipinski definition) is 2. The van der Waals surface area contributed by atoms with Gasteiger partial charge in [0, 0.05) is 17.5 Å². The summed E-state index contributed by atoms with van der Waals surface area (Å²) in [6, 6.07) is 17.9. The van der Waals surface area contributed by atoms with Gasteiger partial charge in [0.1, 0.15) is 5.82 Å². The molecule has 4 aromatic rings. The second-order valence-electron chi connectivity index (χ2n) is 5.69. The Morgan fingerprint density at radius 1 is 1.12 bits per heavy atom. The van der Waals surface area contributed by atoms with Crippen molar-refractivity contribution in [2.45, 2.75) is 13.5 Å². The molecule has 5 heteroatoms. The van der Waals surface area contributed by atoms with Gasteiger partial charge in [0.15, 0.2) is 4.80 Å². The van der Waals surface area contributed by atoms with E-state index in [4.69, 9.17) is 0 Å². The van der Waals surface area contributed by atoms with Crippen molar-refractivity contribution < 1.29 is 9.18 Å². The highest BCUT2D eigenvalue weighted by molar-refractivity contribution is 7.17. The molecule has 25 heavy (non-hydrogen) atoms. The number of thiazole rings is 1. The van der Waals surface area contributed by atoms with Gasteiger partial charge in [0.25, 0.3) is 5.91 Å². The van der Waals surface area contributed by atoms with Crippen LogP contribution < -0.4 is 4.80 Å². The first kappa shape index (κ1) is 15.7. The van der Waals surface area contributed by atoms with Gasteiger partial charge in [-0.3, -0.25) is 4.79 Å². The molecule has 0 aliphatic heterocycles. The maximum Gasteiger partial charge on any atom is 0.279 e. The molecule has 0 spiro atoms. The van der Waals surface area contributed by atoms with Gasteiger partial charge in [-0.05, 0) is 36.6 Å². The van der Waals surface area contributed by atoms with Crippen molar-refractivity contribution >= 4 is 38.2 Å². The summed E-state index contributed by atoms with van der Waals surface area (Å²) in [5.74, 6) is -0.871. The lowest BCUT2D eigenvalue weighted by molar-refractivity contribution is 0.0997. The molecule has 0 fully saturated rings. The quantitative estimate of drug-likeness (QED) is 0.513. The largest absolute Gasteiger partial charge is 0.317 e. The van der Waals surface area contributed by atoms with E-state index < -0.39 is 11.7 Å². The van der Waals surface area contributed by atoms with Crippen LogP contribution in [0.25, 0.3) is 21.0 Å². The van der Waals surface area contributed by atoms with E-state index in [2.05, 4.69) is 29.3 Å². The van der Waals surface area contributed by atoms with E-state index in [9.17, 15) is 9.18 Å². The zero-order valence-corrected chi connectivity index (χ0v) is 14.4. The summed E-state index contributed by atoms with van der Waals surface area (Å²) in [6.45, 7) is 2.72. The van der Waals surface area contributed by atoms with Crippen molar-refractivity contribution in [1.82, 2.24) is 4.57 Å². The highest BCUT2D eigenvalue weighted by Crippen LogP contribution is 2.27. The van der Waals surface area contributed by atoms with Crippen molar-refractivity contribution in [3.05, 3.63) is 76.8 Å². The van der Waals surface area contributed by atoms with Crippen LogP contribution in [0.5, 0.6) is 0 Å². The fourth-order valence-corrected chi connectivity index (χ4v) is 4.19. The van der Waals surface area contributed by atoms with Crippen molar-refractivity contribution in [2.75, 3.05) is 0 Å². The molecule has 0 radical (unpaired) electrons. The van der Waals surface area contributed by atoms with Crippen LogP contribution in [0.2, 0.25) is 0 Å². The number of carbonyl (C=O) groups excluding carboxylic acids is 1. The Morgan fingerprint density at radius 3 is 2.76 bits per heavy atom. The fraction of sp³-hybridized carbons (Fsp3) is 0.100. The molecule has 1 amide bonds. The predicted molar refractivity (Wildman–Crippen MR) is 99.3 cm³/mol. The lowest BCUT2D eigenvalue weighted by atomic mass is 10.1. The first-order valence-corrected chi connectivity index (χ1v) is 8.85. The Hall–Kier alpha value is -2.79. The summed E-state index contributed by atoms with van der Waals surface area (Å²) in [7, 11) is 0. The molecule has 4 rings (SSSR count). The van der Waals surface area contributed by atoms with E-state index in [1.165, 1.54) is 29.5 Å². The summed E-state index contributed by atoms with van der Waals surface area (Å²) in [6.07, 6.45) is 0. The maximum absolute atomic E-state index is 13.4. The molecule has 124 valence electrons. The zero-order chi connectivity index (χ0) is 17.4. The van der Waals surface area contributed by atoms with Crippen LogP contribution in [-0.4, -0.2) is 10.5 Å². The highest BCUT2D eigenvalue weighted by Gasteiger charge is 2.11. The molecule has 0 atom stereocenters. The van der Waals surface area contributed by atoms with E-state index in [0.29, 0.717) is 11.3 Å². The molecular formula is C20H15FN2OS. The molecular weight excluding hydrogens is 335 g/mol. The van der Waals surface area contributed by atoms with Gasteiger partial charge in [-0.2, -0.15) is 4.99 Å². The Kier molecular flexibility index (Phi) is 3.93. The number of aromatic nitrogens is 1. The van der Waals surface area contributed by atoms with Crippen molar-refractivity contribution in [3.63, 3.8) is 0 Å². The number of hydrogen-bond donors (Lipinski definition) is 0. The molecule has 0 aliphatic carbocycles. The molecule has 0 N–H and O–H groups in total. The van der Waals surface area contributed by atoms with Crippen LogP contribution in [0.3, 0.4) is 0 Å². The summed E-state index contributed by atoms with van der Waals surface area (Å²) in [5, 5.41) is 2.30. The topological polar surface area (TPSA) is 34.4 Å². The normalized spacial score (nSPS) is 12.2. The molecule has 0 bridgehead atoms. The van der Waals surface area contributed by atoms with E-state index in [-0.39, 0.29) is 5.56 Å². The van der Waals surface area contributed by atoms with Crippen LogP contribution in [-0.2, 0) is 6.54 Å². The first-order valence-electron chi connectivity index (χ1n) is 8.03. The molecule has 1 heterocycles. The minimum atomic E-state index is -0.438. The smallest absolute Gasteiger partial charge is 0.279 e. The predicted octanol–water partition coefficient (Wildman–Crippen LogP) is 4.76. The number of aryl methyl sites for hydroxylation is 1. The number of rotatable bonds is 2. The van der Waals surface area contributed by atoms with Gasteiger partial charge < -0.3 is 4.57 Å². The minimum absolute atomic E-state index is 0.255. The Morgan fingerprint density at radius 2 is 1.96 bits per heavy atom.